The number of imide groups is 1. The normalized spacial score (nSPS) is 28.0. The summed E-state index contributed by atoms with van der Waals surface area (Å²) in [5, 5.41) is 32.8. The number of non-ortho nitro benzene ring substituents is 1. The van der Waals surface area contributed by atoms with Crippen molar-refractivity contribution in [1.29, 1.82) is 5.26 Å². The third kappa shape index (κ3) is 3.20. The molecular formula is C30H26N6O6. The fraction of sp³-hybridized carbons (Fsp3) is 0.333. The Morgan fingerprint density at radius 1 is 1.19 bits per heavy atom. The maximum Gasteiger partial charge on any atom is 0.271 e. The van der Waals surface area contributed by atoms with Crippen molar-refractivity contribution in [3.05, 3.63) is 70.3 Å². The number of fused-ring (bicyclic) bond motifs is 7. The average molecular weight is 567 g/mol. The van der Waals surface area contributed by atoms with E-state index in [4.69, 9.17) is 9.47 Å². The van der Waals surface area contributed by atoms with Crippen LogP contribution in [0.4, 0.5) is 11.4 Å². The first kappa shape index (κ1) is 26.1. The van der Waals surface area contributed by atoms with Crippen molar-refractivity contribution in [3.63, 3.8) is 0 Å². The molecule has 0 spiro atoms. The van der Waals surface area contributed by atoms with Gasteiger partial charge in [0.15, 0.2) is 0 Å². The highest BCUT2D eigenvalue weighted by molar-refractivity contribution is 6.29. The largest absolute Gasteiger partial charge is 0.476 e. The number of nitro benzene ring substituents is 1. The minimum absolute atomic E-state index is 0.0628. The van der Waals surface area contributed by atoms with Crippen LogP contribution in [0.25, 0.3) is 21.7 Å². The Morgan fingerprint density at radius 2 is 1.98 bits per heavy atom. The Kier molecular flexibility index (Phi) is 5.47. The summed E-state index contributed by atoms with van der Waals surface area (Å²) >= 11 is 0. The third-order valence-electron chi connectivity index (χ3n) is 9.35. The van der Waals surface area contributed by atoms with Crippen molar-refractivity contribution in [3.8, 4) is 11.9 Å². The quantitative estimate of drug-likeness (QED) is 0.193. The molecule has 1 aromatic heterocycles. The number of likely N-dealkylation sites (N-methyl/N-ethyl adjacent to an activating group) is 1. The van der Waals surface area contributed by atoms with E-state index >= 15 is 0 Å². The van der Waals surface area contributed by atoms with E-state index < -0.39 is 33.5 Å². The van der Waals surface area contributed by atoms with Gasteiger partial charge < -0.3 is 14.8 Å². The Bertz CT molecular complexity index is 1880. The molecule has 0 aliphatic carbocycles. The number of hydrogen-bond donors (Lipinski definition) is 2. The van der Waals surface area contributed by atoms with Crippen molar-refractivity contribution >= 4 is 44.9 Å². The van der Waals surface area contributed by atoms with E-state index in [1.807, 2.05) is 25.1 Å². The van der Waals surface area contributed by atoms with Gasteiger partial charge in [-0.25, -0.2) is 4.90 Å². The number of ether oxygens (including phenoxy) is 2. The van der Waals surface area contributed by atoms with Gasteiger partial charge in [0.1, 0.15) is 11.1 Å². The van der Waals surface area contributed by atoms with Crippen molar-refractivity contribution < 1.29 is 24.0 Å². The number of anilines is 1. The molecule has 2 bridgehead atoms. The number of carbonyl (C=O) groups is 2. The number of nitrogens with zero attached hydrogens (tertiary/aromatic N) is 4. The van der Waals surface area contributed by atoms with Crippen LogP contribution < -0.4 is 15.0 Å². The molecule has 0 radical (unpaired) electrons. The maximum atomic E-state index is 14.5. The van der Waals surface area contributed by atoms with Crippen molar-refractivity contribution in [2.45, 2.75) is 42.9 Å². The summed E-state index contributed by atoms with van der Waals surface area (Å²) < 4.78 is 12.7. The molecule has 3 aliphatic heterocycles. The number of nitro groups is 1. The summed E-state index contributed by atoms with van der Waals surface area (Å²) in [4.78, 5) is 40.6. The van der Waals surface area contributed by atoms with Crippen LogP contribution in [-0.2, 0) is 14.3 Å². The molecule has 2 N–H and O–H groups in total. The fourth-order valence-corrected chi connectivity index (χ4v) is 7.55. The van der Waals surface area contributed by atoms with Crippen LogP contribution in [0.15, 0.2) is 54.6 Å². The number of H-pyrrole nitrogens is 1. The van der Waals surface area contributed by atoms with Crippen LogP contribution in [0.3, 0.4) is 0 Å². The first-order valence-corrected chi connectivity index (χ1v) is 13.6. The summed E-state index contributed by atoms with van der Waals surface area (Å²) in [6, 6.07) is 17.1. The summed E-state index contributed by atoms with van der Waals surface area (Å²) in [6.07, 6.45) is 1.43. The van der Waals surface area contributed by atoms with E-state index in [1.165, 1.54) is 17.0 Å². The molecular weight excluding hydrogens is 540 g/mol. The minimum atomic E-state index is -1.33. The molecule has 4 atom stereocenters. The molecule has 0 saturated carbocycles. The highest BCUT2D eigenvalue weighted by Gasteiger charge is 2.82. The molecule has 42 heavy (non-hydrogen) atoms. The SMILES string of the molecule is CN[C@@]12C(=O)N(c3ccc(C#N)c4ccccc34)C(=O)C1C1(C)CCC2(CCOc2n[nH]c3cc([N+](=O)[O-])ccc23)O1. The minimum Gasteiger partial charge on any atom is -0.476 e. The molecule has 4 aromatic rings. The van der Waals surface area contributed by atoms with Gasteiger partial charge in [-0.2, -0.15) is 5.26 Å². The van der Waals surface area contributed by atoms with Gasteiger partial charge in [-0.3, -0.25) is 24.8 Å². The number of nitrogens with one attached hydrogen (secondary N) is 2. The maximum absolute atomic E-state index is 14.5. The number of aromatic nitrogens is 2. The molecule has 3 aliphatic rings. The Morgan fingerprint density at radius 3 is 2.71 bits per heavy atom. The van der Waals surface area contributed by atoms with E-state index in [9.17, 15) is 25.0 Å². The van der Waals surface area contributed by atoms with Gasteiger partial charge in [0.05, 0.1) is 51.3 Å². The number of aromatic amines is 1. The molecule has 3 aromatic carbocycles. The predicted octanol–water partition coefficient (Wildman–Crippen LogP) is 3.73. The molecule has 12 heteroatoms. The van der Waals surface area contributed by atoms with Crippen LogP contribution in [0.1, 0.15) is 31.7 Å². The van der Waals surface area contributed by atoms with Crippen molar-refractivity contribution in [2.75, 3.05) is 18.6 Å². The van der Waals surface area contributed by atoms with Crippen molar-refractivity contribution in [2.24, 2.45) is 5.92 Å². The van der Waals surface area contributed by atoms with Gasteiger partial charge in [0.2, 0.25) is 11.8 Å². The van der Waals surface area contributed by atoms with Gasteiger partial charge in [-0.15, -0.1) is 5.10 Å². The van der Waals surface area contributed by atoms with Crippen LogP contribution in [-0.4, -0.2) is 57.3 Å². The lowest BCUT2D eigenvalue weighted by atomic mass is 9.62. The monoisotopic (exact) mass is 566 g/mol. The topological polar surface area (TPSA) is 163 Å². The third-order valence-corrected chi connectivity index (χ3v) is 9.35. The molecule has 2 amide bonds. The lowest BCUT2D eigenvalue weighted by Crippen LogP contribution is -2.67. The summed E-state index contributed by atoms with van der Waals surface area (Å²) in [7, 11) is 1.68. The Balaban J connectivity index is 1.23. The van der Waals surface area contributed by atoms with E-state index in [1.54, 1.807) is 31.3 Å². The molecule has 3 saturated heterocycles. The summed E-state index contributed by atoms with van der Waals surface area (Å²) in [6.45, 7) is 2.02. The van der Waals surface area contributed by atoms with Crippen LogP contribution in [0.2, 0.25) is 0 Å². The van der Waals surface area contributed by atoms with Gasteiger partial charge in [0.25, 0.3) is 11.6 Å². The van der Waals surface area contributed by atoms with Gasteiger partial charge >= 0.3 is 0 Å². The Labute approximate surface area is 239 Å². The molecule has 3 unspecified atom stereocenters. The molecule has 7 rings (SSSR count). The number of carbonyl (C=O) groups excluding carboxylic acids is 2. The first-order valence-electron chi connectivity index (χ1n) is 13.6. The second kappa shape index (κ2) is 8.82. The van der Waals surface area contributed by atoms with Gasteiger partial charge in [0, 0.05) is 29.3 Å². The summed E-state index contributed by atoms with van der Waals surface area (Å²) in [5.74, 6) is -1.22. The van der Waals surface area contributed by atoms with E-state index in [0.29, 0.717) is 52.2 Å². The number of amides is 2. The summed E-state index contributed by atoms with van der Waals surface area (Å²) in [5.41, 5.74) is -1.93. The van der Waals surface area contributed by atoms with Crippen molar-refractivity contribution in [1.82, 2.24) is 15.5 Å². The zero-order chi connectivity index (χ0) is 29.4. The van der Waals surface area contributed by atoms with Crippen LogP contribution >= 0.6 is 0 Å². The fourth-order valence-electron chi connectivity index (χ4n) is 7.55. The smallest absolute Gasteiger partial charge is 0.271 e. The lowest BCUT2D eigenvalue weighted by molar-refractivity contribution is -0.384. The zero-order valence-electron chi connectivity index (χ0n) is 22.8. The standard InChI is InChI=1S/C30H26N6O6/c1-28-11-12-29(42-28,13-14-41-25-21-9-8-18(36(39)40)15-22(21)33-34-25)30(32-2)24(28)26(37)35(27(30)38)23-10-7-17(16-31)19-5-3-4-6-20(19)23/h3-10,15,24,32H,11-14H2,1-2H3,(H,33,34)/t24?,28?,29?,30-/m1/s1. The molecule has 3 fully saturated rings. The van der Waals surface area contributed by atoms with E-state index in [0.717, 1.165) is 0 Å². The second-order valence-corrected chi connectivity index (χ2v) is 11.3. The molecule has 212 valence electrons. The number of nitriles is 1. The zero-order valence-corrected chi connectivity index (χ0v) is 22.8. The predicted molar refractivity (Wildman–Crippen MR) is 151 cm³/mol. The molecule has 12 nitrogen and oxygen atoms in total. The second-order valence-electron chi connectivity index (χ2n) is 11.3. The first-order chi connectivity index (χ1) is 20.2. The van der Waals surface area contributed by atoms with Gasteiger partial charge in [-0.1, -0.05) is 24.3 Å². The lowest BCUT2D eigenvalue weighted by Gasteiger charge is -2.42. The number of rotatable bonds is 7. The average Bonchev–Trinajstić information content (AvgIpc) is 3.68. The number of benzene rings is 3. The molecule has 4 heterocycles. The van der Waals surface area contributed by atoms with Crippen LogP contribution in [0.5, 0.6) is 5.88 Å². The highest BCUT2D eigenvalue weighted by atomic mass is 16.6. The number of hydrogen-bond acceptors (Lipinski definition) is 9. The van der Waals surface area contributed by atoms with E-state index in [2.05, 4.69) is 21.6 Å². The highest BCUT2D eigenvalue weighted by Crippen LogP contribution is 2.64. The van der Waals surface area contributed by atoms with Gasteiger partial charge in [-0.05, 0) is 45.0 Å². The van der Waals surface area contributed by atoms with Crippen LogP contribution in [0, 0.1) is 27.4 Å². The Hall–Kier alpha value is -4.86. The van der Waals surface area contributed by atoms with E-state index in [-0.39, 0.29) is 24.1 Å².